The Morgan fingerprint density at radius 3 is 2.37 bits per heavy atom. The molecule has 1 fully saturated rings. The molecule has 0 saturated heterocycles. The van der Waals surface area contributed by atoms with Crippen molar-refractivity contribution in [2.45, 2.75) is 30.5 Å². The van der Waals surface area contributed by atoms with E-state index in [-0.39, 0.29) is 22.8 Å². The molecule has 0 unspecified atom stereocenters. The van der Waals surface area contributed by atoms with Crippen LogP contribution in [0.2, 0.25) is 5.02 Å². The molecule has 6 nitrogen and oxygen atoms in total. The van der Waals surface area contributed by atoms with E-state index in [2.05, 4.69) is 17.3 Å². The number of hydrogen-bond acceptors (Lipinski definition) is 5. The maximum Gasteiger partial charge on any atom is 0.216 e. The quantitative estimate of drug-likeness (QED) is 0.404. The Morgan fingerprint density at radius 2 is 1.83 bits per heavy atom. The molecule has 0 amide bonds. The predicted molar refractivity (Wildman–Crippen MR) is 110 cm³/mol. The highest BCUT2D eigenvalue weighted by atomic mass is 35.5. The zero-order chi connectivity index (χ0) is 21.3. The Balaban J connectivity index is 2.03. The van der Waals surface area contributed by atoms with Crippen LogP contribution in [0.25, 0.3) is 0 Å². The molecule has 7 heteroatoms. The molecule has 2 aliphatic rings. The van der Waals surface area contributed by atoms with Crippen LogP contribution in [0, 0.1) is 34.0 Å². The topological polar surface area (TPSA) is 108 Å². The first-order chi connectivity index (χ1) is 14.5. The zero-order valence-electron chi connectivity index (χ0n) is 16.0. The molecule has 0 bridgehead atoms. The number of allylic oxidation sites excluding steroid dienone is 2. The van der Waals surface area contributed by atoms with Crippen LogP contribution in [-0.4, -0.2) is 16.7 Å². The maximum absolute atomic E-state index is 11.9. The van der Waals surface area contributed by atoms with E-state index in [4.69, 9.17) is 17.0 Å². The molecular formula is C23H19ClN5O+. The first-order valence-corrected chi connectivity index (χ1v) is 9.97. The molecule has 4 rings (SSSR count). The average Bonchev–Trinajstić information content (AvgIpc) is 3.61. The number of nitrogens with one attached hydrogen (secondary N) is 2. The minimum Gasteiger partial charge on any atom is -0.365 e. The number of halogens is 1. The van der Waals surface area contributed by atoms with Crippen molar-refractivity contribution >= 4 is 17.5 Å². The second kappa shape index (κ2) is 7.78. The van der Waals surface area contributed by atoms with Gasteiger partial charge in [-0.2, -0.15) is 15.1 Å². The van der Waals surface area contributed by atoms with Crippen LogP contribution in [0.1, 0.15) is 30.4 Å². The molecule has 148 valence electrons. The molecule has 1 aromatic heterocycles. The summed E-state index contributed by atoms with van der Waals surface area (Å²) in [7, 11) is 0. The van der Waals surface area contributed by atoms with Gasteiger partial charge in [-0.1, -0.05) is 29.8 Å². The number of nitrogens with zero attached hydrogens (tertiary/aromatic N) is 3. The Labute approximate surface area is 179 Å². The number of rotatable bonds is 4. The first-order valence-electron chi connectivity index (χ1n) is 9.59. The molecule has 1 aliphatic carbocycles. The maximum atomic E-state index is 11.9. The number of hydrogen-bond donors (Lipinski definition) is 3. The Kier molecular flexibility index (Phi) is 5.16. The van der Waals surface area contributed by atoms with Crippen LogP contribution in [-0.2, 0) is 0 Å². The van der Waals surface area contributed by atoms with Gasteiger partial charge in [0.05, 0.1) is 23.3 Å². The summed E-state index contributed by atoms with van der Waals surface area (Å²) >= 11 is 6.09. The fourth-order valence-electron chi connectivity index (χ4n) is 4.26. The monoisotopic (exact) mass is 416 g/mol. The van der Waals surface area contributed by atoms with Crippen LogP contribution in [0.4, 0.5) is 0 Å². The van der Waals surface area contributed by atoms with Gasteiger partial charge < -0.3 is 10.4 Å². The zero-order valence-corrected chi connectivity index (χ0v) is 16.8. The van der Waals surface area contributed by atoms with Crippen molar-refractivity contribution in [2.24, 2.45) is 5.92 Å². The smallest absolute Gasteiger partial charge is 0.216 e. The minimum absolute atomic E-state index is 0.0501. The second-order valence-electron chi connectivity index (χ2n) is 7.53. The molecule has 2 heterocycles. The Bertz CT molecular complexity index is 1130. The van der Waals surface area contributed by atoms with Crippen molar-refractivity contribution in [3.8, 4) is 12.1 Å². The predicted octanol–water partition coefficient (Wildman–Crippen LogP) is 3.13. The van der Waals surface area contributed by atoms with Crippen molar-refractivity contribution in [3.63, 3.8) is 0 Å². The lowest BCUT2D eigenvalue weighted by atomic mass is 9.74. The van der Waals surface area contributed by atoms with E-state index in [1.54, 1.807) is 12.1 Å². The molecule has 1 saturated carbocycles. The van der Waals surface area contributed by atoms with Gasteiger partial charge in [0.25, 0.3) is 0 Å². The molecule has 2 aromatic rings. The second-order valence-corrected chi connectivity index (χ2v) is 7.97. The van der Waals surface area contributed by atoms with Gasteiger partial charge in [-0.3, -0.25) is 5.41 Å². The normalized spacial score (nSPS) is 25.5. The van der Waals surface area contributed by atoms with Crippen molar-refractivity contribution < 1.29 is 9.67 Å². The summed E-state index contributed by atoms with van der Waals surface area (Å²) in [6.07, 6.45) is 5.37. The van der Waals surface area contributed by atoms with Crippen molar-refractivity contribution in [2.75, 3.05) is 0 Å². The van der Waals surface area contributed by atoms with E-state index in [0.29, 0.717) is 5.02 Å². The van der Waals surface area contributed by atoms with Gasteiger partial charge in [-0.05, 0) is 36.4 Å². The molecule has 30 heavy (non-hydrogen) atoms. The molecule has 0 radical (unpaired) electrons. The Morgan fingerprint density at radius 1 is 1.17 bits per heavy atom. The number of nitriles is 2. The lowest BCUT2D eigenvalue weighted by molar-refractivity contribution is -0.742. The number of pyridine rings is 1. The van der Waals surface area contributed by atoms with Crippen molar-refractivity contribution in [3.05, 3.63) is 82.3 Å². The third-order valence-corrected chi connectivity index (χ3v) is 6.02. The summed E-state index contributed by atoms with van der Waals surface area (Å²) in [6, 6.07) is 16.4. The molecule has 0 spiro atoms. The highest BCUT2D eigenvalue weighted by molar-refractivity contribution is 6.30. The van der Waals surface area contributed by atoms with Crippen molar-refractivity contribution in [1.82, 2.24) is 5.32 Å². The average molecular weight is 417 g/mol. The van der Waals surface area contributed by atoms with Gasteiger partial charge >= 0.3 is 0 Å². The summed E-state index contributed by atoms with van der Waals surface area (Å²) in [5.41, 5.74) is -0.290. The number of aromatic nitrogens is 1. The van der Waals surface area contributed by atoms with Gasteiger partial charge in [0.15, 0.2) is 12.4 Å². The summed E-state index contributed by atoms with van der Waals surface area (Å²) < 4.78 is 1.90. The highest BCUT2D eigenvalue weighted by Crippen LogP contribution is 2.52. The molecule has 1 aromatic carbocycles. The summed E-state index contributed by atoms with van der Waals surface area (Å²) in [6.45, 7) is 0. The standard InChI is InChI=1S/C23H19ClN5O/c24-18-8-4-15(5-9-18)20-19(14-27)21(16(12-25)13-26)28-23(30,17-6-7-17)22(20)29-10-2-1-3-11-29/h1-5,8-11,17,20,22,25,28,30H,6-7H2/q+1/t20-,22+,23-/m0/s1. The van der Waals surface area contributed by atoms with Crippen LogP contribution < -0.4 is 9.88 Å². The lowest BCUT2D eigenvalue weighted by Gasteiger charge is -2.43. The van der Waals surface area contributed by atoms with Gasteiger partial charge in [0.2, 0.25) is 11.8 Å². The SMILES string of the molecule is N#CC(=C=N)C1=C(C#N)[C@H](c2ccc(Cl)cc2)[C@@H]([n+]2ccccc2)[C@@](O)(C2CC2)N1. The highest BCUT2D eigenvalue weighted by Gasteiger charge is 2.61. The van der Waals surface area contributed by atoms with Gasteiger partial charge in [0, 0.05) is 23.1 Å². The molecule has 1 aliphatic heterocycles. The van der Waals surface area contributed by atoms with E-state index in [0.717, 1.165) is 18.4 Å². The fraction of sp³-hybridized carbons (Fsp3) is 0.261. The van der Waals surface area contributed by atoms with E-state index < -0.39 is 17.7 Å². The van der Waals surface area contributed by atoms with Gasteiger partial charge in [-0.25, -0.2) is 0 Å². The van der Waals surface area contributed by atoms with Crippen LogP contribution >= 0.6 is 11.6 Å². The molecule has 3 N–H and O–H groups in total. The van der Waals surface area contributed by atoms with Crippen LogP contribution in [0.15, 0.2) is 71.7 Å². The van der Waals surface area contributed by atoms with Gasteiger partial charge in [0.1, 0.15) is 11.6 Å². The van der Waals surface area contributed by atoms with E-state index in [9.17, 15) is 15.6 Å². The van der Waals surface area contributed by atoms with Crippen LogP contribution in [0.5, 0.6) is 0 Å². The number of benzene rings is 1. The van der Waals surface area contributed by atoms with Crippen LogP contribution in [0.3, 0.4) is 0 Å². The minimum atomic E-state index is -1.41. The largest absolute Gasteiger partial charge is 0.365 e. The summed E-state index contributed by atoms with van der Waals surface area (Å²) in [5.74, 6) is 1.51. The third kappa shape index (κ3) is 3.28. The first kappa shape index (κ1) is 19.9. The van der Waals surface area contributed by atoms with E-state index in [1.165, 1.54) is 0 Å². The lowest BCUT2D eigenvalue weighted by Crippen LogP contribution is -2.66. The fourth-order valence-corrected chi connectivity index (χ4v) is 4.39. The van der Waals surface area contributed by atoms with E-state index in [1.807, 2.05) is 53.4 Å². The summed E-state index contributed by atoms with van der Waals surface area (Å²) in [4.78, 5) is 0. The van der Waals surface area contributed by atoms with Crippen molar-refractivity contribution in [1.29, 1.82) is 15.9 Å². The Hall–Kier alpha value is -3.41. The molecular weight excluding hydrogens is 398 g/mol. The van der Waals surface area contributed by atoms with Gasteiger partial charge in [-0.15, -0.1) is 0 Å². The summed E-state index contributed by atoms with van der Waals surface area (Å²) in [5, 5.41) is 42.7. The number of aliphatic hydroxyl groups is 1. The third-order valence-electron chi connectivity index (χ3n) is 5.77. The molecule has 3 atom stereocenters. The van der Waals surface area contributed by atoms with E-state index >= 15 is 0 Å².